The van der Waals surface area contributed by atoms with Gasteiger partial charge in [0, 0.05) is 30.7 Å². The molecule has 2 saturated heterocycles. The minimum absolute atomic E-state index is 0.0131. The Morgan fingerprint density at radius 2 is 1.50 bits per heavy atom. The average Bonchev–Trinajstić information content (AvgIpc) is 3.65. The Morgan fingerprint density at radius 3 is 2.22 bits per heavy atom. The number of fused-ring (bicyclic) bond motifs is 1. The molecule has 0 aromatic heterocycles. The number of nitrogens with zero attached hydrogens (tertiary/aromatic N) is 2. The van der Waals surface area contributed by atoms with Crippen molar-refractivity contribution in [3.8, 4) is 0 Å². The van der Waals surface area contributed by atoms with Gasteiger partial charge in [-0.3, -0.25) is 19.3 Å². The molecule has 2 aromatic carbocycles. The lowest BCUT2D eigenvalue weighted by molar-refractivity contribution is -0.140. The van der Waals surface area contributed by atoms with E-state index in [1.807, 2.05) is 36.4 Å². The van der Waals surface area contributed by atoms with Crippen LogP contribution in [0.25, 0.3) is 10.8 Å². The molecular formula is C41H61BN6O6. The van der Waals surface area contributed by atoms with Crippen LogP contribution in [0.4, 0.5) is 4.79 Å². The lowest BCUT2D eigenvalue weighted by Gasteiger charge is -2.33. The van der Waals surface area contributed by atoms with Gasteiger partial charge in [0.15, 0.2) is 0 Å². The van der Waals surface area contributed by atoms with Crippen molar-refractivity contribution >= 4 is 41.6 Å². The Morgan fingerprint density at radius 1 is 0.815 bits per heavy atom. The summed E-state index contributed by atoms with van der Waals surface area (Å²) in [5.74, 6) is -1.68. The Kier molecular flexibility index (Phi) is 14.6. The molecule has 294 valence electrons. The number of carbonyl (C=O) groups excluding carboxylic acids is 4. The highest BCUT2D eigenvalue weighted by Crippen LogP contribution is 2.31. The third kappa shape index (κ3) is 11.0. The quantitative estimate of drug-likeness (QED) is 0.124. The number of urea groups is 1. The summed E-state index contributed by atoms with van der Waals surface area (Å²) < 4.78 is 0. The number of rotatable bonds is 14. The zero-order valence-corrected chi connectivity index (χ0v) is 31.9. The van der Waals surface area contributed by atoms with Crippen LogP contribution in [0.1, 0.15) is 120 Å². The van der Waals surface area contributed by atoms with Gasteiger partial charge in [-0.15, -0.1) is 0 Å². The number of piperidine rings is 1. The highest BCUT2D eigenvalue weighted by atomic mass is 16.4. The lowest BCUT2D eigenvalue weighted by Crippen LogP contribution is -2.56. The van der Waals surface area contributed by atoms with Crippen molar-refractivity contribution in [2.45, 2.75) is 139 Å². The number of nitrogens with one attached hydrogen (secondary N) is 4. The molecule has 2 aliphatic heterocycles. The number of amides is 5. The van der Waals surface area contributed by atoms with E-state index < -0.39 is 31.1 Å². The Hall–Kier alpha value is -3.68. The van der Waals surface area contributed by atoms with E-state index in [0.29, 0.717) is 43.8 Å². The fourth-order valence-corrected chi connectivity index (χ4v) is 9.19. The maximum absolute atomic E-state index is 14.7. The molecule has 0 unspecified atom stereocenters. The van der Waals surface area contributed by atoms with Gasteiger partial charge >= 0.3 is 13.1 Å². The average molecular weight is 745 g/mol. The van der Waals surface area contributed by atoms with Crippen molar-refractivity contribution in [2.24, 2.45) is 5.92 Å². The molecule has 54 heavy (non-hydrogen) atoms. The summed E-state index contributed by atoms with van der Waals surface area (Å²) in [6, 6.07) is 11.7. The van der Waals surface area contributed by atoms with Gasteiger partial charge in [-0.05, 0) is 93.3 Å². The summed E-state index contributed by atoms with van der Waals surface area (Å²) in [6.45, 7) is 2.51. The van der Waals surface area contributed by atoms with Crippen LogP contribution in [0.15, 0.2) is 42.5 Å². The molecule has 4 aliphatic rings. The van der Waals surface area contributed by atoms with Crippen LogP contribution in [0.3, 0.4) is 0 Å². The van der Waals surface area contributed by atoms with Gasteiger partial charge in [-0.25, -0.2) is 4.79 Å². The van der Waals surface area contributed by atoms with Gasteiger partial charge in [0.25, 0.3) is 5.91 Å². The summed E-state index contributed by atoms with van der Waals surface area (Å²) in [5.41, 5.74) is 0.484. The Labute approximate surface area is 320 Å². The van der Waals surface area contributed by atoms with Crippen LogP contribution in [-0.2, 0) is 9.59 Å². The molecule has 2 saturated carbocycles. The summed E-state index contributed by atoms with van der Waals surface area (Å²) in [4.78, 5) is 59.2. The zero-order chi connectivity index (χ0) is 37.9. The Balaban J connectivity index is 1.14. The molecule has 5 amide bonds. The molecule has 0 bridgehead atoms. The molecule has 6 rings (SSSR count). The van der Waals surface area contributed by atoms with E-state index in [9.17, 15) is 29.2 Å². The highest BCUT2D eigenvalue weighted by molar-refractivity contribution is 6.43. The molecule has 12 nitrogen and oxygen atoms in total. The van der Waals surface area contributed by atoms with Crippen LogP contribution in [-0.4, -0.2) is 107 Å². The van der Waals surface area contributed by atoms with E-state index in [2.05, 4.69) is 26.2 Å². The third-order valence-electron chi connectivity index (χ3n) is 12.3. The molecule has 2 heterocycles. The minimum atomic E-state index is -1.81. The first kappa shape index (κ1) is 40.0. The van der Waals surface area contributed by atoms with E-state index in [-0.39, 0.29) is 36.3 Å². The molecular weight excluding hydrogens is 683 g/mol. The second-order valence-corrected chi connectivity index (χ2v) is 16.2. The third-order valence-corrected chi connectivity index (χ3v) is 12.3. The summed E-state index contributed by atoms with van der Waals surface area (Å²) >= 11 is 0. The molecule has 4 atom stereocenters. The number of benzene rings is 2. The standard InChI is InChI=1S/C41H61BN6O6/c49-38(32-21-20-30-15-8-9-16-31(30)26-32)45-35(25-29-13-4-1-5-14-29)40(51)48-28-34(47-23-10-3-11-24-47)27-36(48)39(50)46-37(42(53)54)19-12-22-43-41(52)44-33-17-6-2-7-18-33/h8-9,15-16,20-21,26,29,33-37,53-54H,1-7,10-14,17-19,22-25,27-28H2,(H,45,49)(H,46,50)(H2,43,44,52)/t34-,35-,36+,37+/m1/s1. The van der Waals surface area contributed by atoms with Crippen molar-refractivity contribution in [2.75, 3.05) is 26.2 Å². The predicted octanol–water partition coefficient (Wildman–Crippen LogP) is 4.27. The first-order valence-corrected chi connectivity index (χ1v) is 20.8. The second-order valence-electron chi connectivity index (χ2n) is 16.2. The van der Waals surface area contributed by atoms with Crippen molar-refractivity contribution in [3.63, 3.8) is 0 Å². The van der Waals surface area contributed by atoms with Crippen LogP contribution in [0.2, 0.25) is 0 Å². The van der Waals surface area contributed by atoms with Crippen LogP contribution in [0.5, 0.6) is 0 Å². The Bertz CT molecular complexity index is 1560. The van der Waals surface area contributed by atoms with Gasteiger partial charge in [-0.1, -0.05) is 88.1 Å². The van der Waals surface area contributed by atoms with Crippen molar-refractivity contribution in [1.29, 1.82) is 0 Å². The fraction of sp³-hybridized carbons (Fsp3) is 0.659. The van der Waals surface area contributed by atoms with Crippen LogP contribution >= 0.6 is 0 Å². The van der Waals surface area contributed by atoms with Crippen molar-refractivity contribution < 1.29 is 29.2 Å². The van der Waals surface area contributed by atoms with Crippen LogP contribution < -0.4 is 21.3 Å². The van der Waals surface area contributed by atoms with Crippen molar-refractivity contribution in [1.82, 2.24) is 31.1 Å². The molecule has 0 spiro atoms. The number of hydrogen-bond acceptors (Lipinski definition) is 7. The summed E-state index contributed by atoms with van der Waals surface area (Å²) in [6.07, 6.45) is 15.7. The van der Waals surface area contributed by atoms with E-state index in [1.54, 1.807) is 11.0 Å². The largest absolute Gasteiger partial charge is 0.475 e. The van der Waals surface area contributed by atoms with Gasteiger partial charge in [0.2, 0.25) is 11.8 Å². The topological polar surface area (TPSA) is 163 Å². The van der Waals surface area contributed by atoms with Gasteiger partial charge in [-0.2, -0.15) is 0 Å². The molecule has 0 radical (unpaired) electrons. The maximum Gasteiger partial charge on any atom is 0.475 e. The SMILES string of the molecule is O=C(NCCC[C@H](NC(=O)[C@@H]1C[C@@H](N2CCCCC2)CN1C(=O)[C@@H](CC1CCCCC1)NC(=O)c1ccc2ccccc2c1)B(O)O)NC1CCCCC1. The molecule has 2 aliphatic carbocycles. The predicted molar refractivity (Wildman–Crippen MR) is 210 cm³/mol. The fourth-order valence-electron chi connectivity index (χ4n) is 9.19. The van der Waals surface area contributed by atoms with Gasteiger partial charge < -0.3 is 36.2 Å². The maximum atomic E-state index is 14.7. The number of likely N-dealkylation sites (tertiary alicyclic amines) is 2. The van der Waals surface area contributed by atoms with E-state index in [0.717, 1.165) is 94.5 Å². The summed E-state index contributed by atoms with van der Waals surface area (Å²) in [7, 11) is -1.81. The molecule has 4 fully saturated rings. The van der Waals surface area contributed by atoms with Crippen molar-refractivity contribution in [3.05, 3.63) is 48.0 Å². The van der Waals surface area contributed by atoms with E-state index in [4.69, 9.17) is 0 Å². The highest BCUT2D eigenvalue weighted by Gasteiger charge is 2.45. The van der Waals surface area contributed by atoms with E-state index in [1.165, 1.54) is 12.8 Å². The first-order valence-electron chi connectivity index (χ1n) is 20.8. The molecule has 6 N–H and O–H groups in total. The van der Waals surface area contributed by atoms with E-state index >= 15 is 0 Å². The smallest absolute Gasteiger partial charge is 0.426 e. The first-order chi connectivity index (χ1) is 26.2. The zero-order valence-electron chi connectivity index (χ0n) is 31.9. The van der Waals surface area contributed by atoms with Gasteiger partial charge in [0.1, 0.15) is 12.1 Å². The monoisotopic (exact) mass is 744 g/mol. The minimum Gasteiger partial charge on any atom is -0.426 e. The number of hydrogen-bond donors (Lipinski definition) is 6. The summed E-state index contributed by atoms with van der Waals surface area (Å²) in [5, 5.41) is 34.4. The number of carbonyl (C=O) groups is 4. The normalized spacial score (nSPS) is 22.7. The molecule has 2 aromatic rings. The second kappa shape index (κ2) is 19.8. The lowest BCUT2D eigenvalue weighted by atomic mass is 9.76. The van der Waals surface area contributed by atoms with Crippen LogP contribution in [0, 0.1) is 5.92 Å². The molecule has 13 heteroatoms. The van der Waals surface area contributed by atoms with Gasteiger partial charge in [0.05, 0.1) is 5.94 Å².